The van der Waals surface area contributed by atoms with Gasteiger partial charge in [0.25, 0.3) is 0 Å². The lowest BCUT2D eigenvalue weighted by Gasteiger charge is -2.05. The highest BCUT2D eigenvalue weighted by Crippen LogP contribution is 2.28. The summed E-state index contributed by atoms with van der Waals surface area (Å²) >= 11 is 0. The van der Waals surface area contributed by atoms with Crippen molar-refractivity contribution in [1.29, 1.82) is 0 Å². The Morgan fingerprint density at radius 2 is 2.04 bits per heavy atom. The molecule has 0 spiro atoms. The molecule has 120 valence electrons. The molecule has 2 aromatic heterocycles. The van der Waals surface area contributed by atoms with E-state index < -0.39 is 0 Å². The summed E-state index contributed by atoms with van der Waals surface area (Å²) in [6.45, 7) is 7.68. The molecule has 0 aliphatic heterocycles. The number of hydrogen-bond acceptors (Lipinski definition) is 2. The summed E-state index contributed by atoms with van der Waals surface area (Å²) in [6.07, 6.45) is 7.73. The van der Waals surface area contributed by atoms with Crippen LogP contribution in [0.5, 0.6) is 0 Å². The minimum atomic E-state index is -0.315. The maximum absolute atomic E-state index is 13.5. The normalized spacial score (nSPS) is 12.2. The molecule has 24 heavy (non-hydrogen) atoms. The Balaban J connectivity index is 2.14. The fraction of sp³-hybridized carbons (Fsp3) is 0.100. The van der Waals surface area contributed by atoms with E-state index in [1.54, 1.807) is 19.2 Å². The molecule has 0 saturated carbocycles. The van der Waals surface area contributed by atoms with Crippen LogP contribution in [0.3, 0.4) is 0 Å². The van der Waals surface area contributed by atoms with Crippen molar-refractivity contribution in [1.82, 2.24) is 15.2 Å². The van der Waals surface area contributed by atoms with E-state index in [1.165, 1.54) is 6.07 Å². The Kier molecular flexibility index (Phi) is 4.38. The van der Waals surface area contributed by atoms with Gasteiger partial charge in [-0.1, -0.05) is 36.9 Å². The molecule has 3 nitrogen and oxygen atoms in total. The maximum atomic E-state index is 13.5. The summed E-state index contributed by atoms with van der Waals surface area (Å²) in [6, 6.07) is 9.12. The lowest BCUT2D eigenvalue weighted by atomic mass is 10.0. The van der Waals surface area contributed by atoms with Gasteiger partial charge in [-0.25, -0.2) is 9.37 Å². The summed E-state index contributed by atoms with van der Waals surface area (Å²) in [5.74, 6) is -0.315. The highest BCUT2D eigenvalue weighted by molar-refractivity contribution is 5.78. The number of pyridine rings is 1. The SMILES string of the molecule is C=c1ccc(-c2cn[nH]c2-c2ccc(F)c(C)n2)c/c1=C/C=CC. The zero-order valence-electron chi connectivity index (χ0n) is 13.7. The number of nitrogens with zero attached hydrogens (tertiary/aromatic N) is 2. The zero-order chi connectivity index (χ0) is 17.1. The topological polar surface area (TPSA) is 41.6 Å². The van der Waals surface area contributed by atoms with Gasteiger partial charge in [0, 0.05) is 5.56 Å². The number of aromatic amines is 1. The van der Waals surface area contributed by atoms with Crippen LogP contribution in [0.4, 0.5) is 4.39 Å². The third-order valence-electron chi connectivity index (χ3n) is 3.84. The minimum Gasteiger partial charge on any atom is -0.276 e. The van der Waals surface area contributed by atoms with Gasteiger partial charge in [-0.2, -0.15) is 5.10 Å². The van der Waals surface area contributed by atoms with Crippen molar-refractivity contribution in [2.75, 3.05) is 0 Å². The van der Waals surface area contributed by atoms with Gasteiger partial charge in [0.2, 0.25) is 0 Å². The van der Waals surface area contributed by atoms with Crippen molar-refractivity contribution < 1.29 is 4.39 Å². The van der Waals surface area contributed by atoms with Crippen molar-refractivity contribution in [3.05, 3.63) is 70.6 Å². The van der Waals surface area contributed by atoms with E-state index in [0.29, 0.717) is 11.4 Å². The molecule has 3 rings (SSSR count). The summed E-state index contributed by atoms with van der Waals surface area (Å²) in [7, 11) is 0. The van der Waals surface area contributed by atoms with E-state index in [2.05, 4.69) is 27.8 Å². The van der Waals surface area contributed by atoms with Crippen LogP contribution in [0, 0.1) is 12.7 Å². The molecule has 0 fully saturated rings. The molecular formula is C20H18FN3. The largest absolute Gasteiger partial charge is 0.276 e. The highest BCUT2D eigenvalue weighted by Gasteiger charge is 2.12. The second kappa shape index (κ2) is 6.62. The maximum Gasteiger partial charge on any atom is 0.144 e. The van der Waals surface area contributed by atoms with Crippen LogP contribution in [0.1, 0.15) is 12.6 Å². The highest BCUT2D eigenvalue weighted by atomic mass is 19.1. The number of benzene rings is 1. The number of aryl methyl sites for hydroxylation is 1. The lowest BCUT2D eigenvalue weighted by Crippen LogP contribution is -2.22. The van der Waals surface area contributed by atoms with E-state index in [4.69, 9.17) is 0 Å². The summed E-state index contributed by atoms with van der Waals surface area (Å²) in [5, 5.41) is 9.11. The number of aromatic nitrogens is 3. The fourth-order valence-corrected chi connectivity index (χ4v) is 2.50. The summed E-state index contributed by atoms with van der Waals surface area (Å²) in [4.78, 5) is 4.31. The standard InChI is InChI=1S/C20H18FN3/c1-4-5-6-15-11-16(8-7-13(15)2)17-12-22-24-20(17)19-10-9-18(21)14(3)23-19/h4-12H,2H2,1,3H3,(H,22,24)/b5-4?,15-6-. The minimum absolute atomic E-state index is 0.315. The molecule has 0 aliphatic carbocycles. The first kappa shape index (κ1) is 15.9. The summed E-state index contributed by atoms with van der Waals surface area (Å²) in [5.41, 5.74) is 3.73. The molecule has 0 radical (unpaired) electrons. The Bertz CT molecular complexity index is 1020. The smallest absolute Gasteiger partial charge is 0.144 e. The molecule has 2 heterocycles. The Morgan fingerprint density at radius 1 is 1.21 bits per heavy atom. The lowest BCUT2D eigenvalue weighted by molar-refractivity contribution is 0.610. The second-order valence-electron chi connectivity index (χ2n) is 5.53. The molecule has 1 aromatic carbocycles. The molecular weight excluding hydrogens is 301 g/mol. The third kappa shape index (κ3) is 3.04. The molecule has 0 atom stereocenters. The van der Waals surface area contributed by atoms with Gasteiger partial charge in [-0.3, -0.25) is 5.10 Å². The number of hydrogen-bond donors (Lipinski definition) is 1. The number of halogens is 1. The first-order chi connectivity index (χ1) is 11.6. The van der Waals surface area contributed by atoms with Crippen molar-refractivity contribution in [2.45, 2.75) is 13.8 Å². The van der Waals surface area contributed by atoms with Crippen LogP contribution >= 0.6 is 0 Å². The molecule has 1 N–H and O–H groups in total. The Labute approximate surface area is 139 Å². The number of nitrogens with one attached hydrogen (secondary N) is 1. The first-order valence-corrected chi connectivity index (χ1v) is 7.69. The van der Waals surface area contributed by atoms with Crippen LogP contribution in [0.2, 0.25) is 0 Å². The van der Waals surface area contributed by atoms with Crippen molar-refractivity contribution in [3.63, 3.8) is 0 Å². The molecule has 0 unspecified atom stereocenters. The average molecular weight is 319 g/mol. The van der Waals surface area contributed by atoms with E-state index in [-0.39, 0.29) is 5.82 Å². The number of rotatable bonds is 3. The van der Waals surface area contributed by atoms with Crippen molar-refractivity contribution in [2.24, 2.45) is 0 Å². The Hall–Kier alpha value is -3.01. The molecule has 4 heteroatoms. The zero-order valence-corrected chi connectivity index (χ0v) is 13.7. The molecule has 0 bridgehead atoms. The molecule has 0 aliphatic rings. The first-order valence-electron chi connectivity index (χ1n) is 7.69. The summed E-state index contributed by atoms with van der Waals surface area (Å²) < 4.78 is 13.5. The van der Waals surface area contributed by atoms with Crippen LogP contribution in [-0.2, 0) is 0 Å². The van der Waals surface area contributed by atoms with Gasteiger partial charge >= 0.3 is 0 Å². The molecule has 3 aromatic rings. The van der Waals surface area contributed by atoms with E-state index in [9.17, 15) is 4.39 Å². The average Bonchev–Trinajstić information content (AvgIpc) is 3.06. The Morgan fingerprint density at radius 3 is 2.79 bits per heavy atom. The number of allylic oxidation sites excluding steroid dienone is 2. The van der Waals surface area contributed by atoms with Gasteiger partial charge in [-0.05, 0) is 48.0 Å². The fourth-order valence-electron chi connectivity index (χ4n) is 2.50. The van der Waals surface area contributed by atoms with Crippen LogP contribution in [-0.4, -0.2) is 15.2 Å². The van der Waals surface area contributed by atoms with Gasteiger partial charge in [0.05, 0.1) is 23.3 Å². The third-order valence-corrected chi connectivity index (χ3v) is 3.84. The second-order valence-corrected chi connectivity index (χ2v) is 5.53. The van der Waals surface area contributed by atoms with Crippen molar-refractivity contribution in [3.8, 4) is 22.5 Å². The molecule has 0 saturated heterocycles. The van der Waals surface area contributed by atoms with Crippen molar-refractivity contribution >= 4 is 12.7 Å². The van der Waals surface area contributed by atoms with E-state index in [0.717, 1.165) is 27.3 Å². The number of H-pyrrole nitrogens is 1. The van der Waals surface area contributed by atoms with Gasteiger partial charge in [0.15, 0.2) is 0 Å². The predicted octanol–water partition coefficient (Wildman–Crippen LogP) is 3.35. The predicted molar refractivity (Wildman–Crippen MR) is 96.0 cm³/mol. The van der Waals surface area contributed by atoms with E-state index in [1.807, 2.05) is 37.3 Å². The van der Waals surface area contributed by atoms with Crippen LogP contribution in [0.15, 0.2) is 48.7 Å². The monoisotopic (exact) mass is 319 g/mol. The molecule has 0 amide bonds. The van der Waals surface area contributed by atoms with E-state index >= 15 is 0 Å². The van der Waals surface area contributed by atoms with Gasteiger partial charge in [0.1, 0.15) is 5.82 Å². The van der Waals surface area contributed by atoms with Gasteiger partial charge in [-0.15, -0.1) is 0 Å². The quantitative estimate of drug-likeness (QED) is 0.804. The van der Waals surface area contributed by atoms with Crippen LogP contribution in [0.25, 0.3) is 35.2 Å². The van der Waals surface area contributed by atoms with Crippen LogP contribution < -0.4 is 10.4 Å². The van der Waals surface area contributed by atoms with Gasteiger partial charge < -0.3 is 0 Å².